The number of ether oxygens (including phenoxy) is 2. The van der Waals surface area contributed by atoms with E-state index >= 15 is 0 Å². The predicted molar refractivity (Wildman–Crippen MR) is 87.8 cm³/mol. The van der Waals surface area contributed by atoms with Crippen LogP contribution in [0.5, 0.6) is 5.75 Å². The molecule has 1 aliphatic rings. The third kappa shape index (κ3) is 4.27. The van der Waals surface area contributed by atoms with Crippen molar-refractivity contribution in [1.82, 2.24) is 9.88 Å². The maximum atomic E-state index is 12.1. The van der Waals surface area contributed by atoms with Gasteiger partial charge in [0.25, 0.3) is 0 Å². The number of carboxylic acid groups (broad SMARTS) is 1. The van der Waals surface area contributed by atoms with Gasteiger partial charge in [0.05, 0.1) is 7.11 Å². The Hall–Kier alpha value is -2.51. The van der Waals surface area contributed by atoms with E-state index < -0.39 is 11.6 Å². The molecular formula is C16H23N3O5. The first kappa shape index (κ1) is 17.8. The highest BCUT2D eigenvalue weighted by atomic mass is 16.6. The van der Waals surface area contributed by atoms with Gasteiger partial charge in [-0.3, -0.25) is 0 Å². The second-order valence-electron chi connectivity index (χ2n) is 6.50. The molecule has 24 heavy (non-hydrogen) atoms. The average Bonchev–Trinajstić information content (AvgIpc) is 2.52. The molecule has 132 valence electrons. The number of rotatable bonds is 3. The Kier molecular flexibility index (Phi) is 5.16. The molecule has 1 N–H and O–H groups in total. The molecule has 1 fully saturated rings. The first-order chi connectivity index (χ1) is 11.2. The van der Waals surface area contributed by atoms with Gasteiger partial charge in [0.2, 0.25) is 0 Å². The molecule has 1 saturated heterocycles. The first-order valence-corrected chi connectivity index (χ1v) is 7.71. The van der Waals surface area contributed by atoms with Crippen molar-refractivity contribution in [3.8, 4) is 5.75 Å². The van der Waals surface area contributed by atoms with E-state index in [0.29, 0.717) is 32.0 Å². The molecule has 0 radical (unpaired) electrons. The average molecular weight is 337 g/mol. The van der Waals surface area contributed by atoms with Gasteiger partial charge < -0.3 is 24.4 Å². The Morgan fingerprint density at radius 1 is 1.21 bits per heavy atom. The second kappa shape index (κ2) is 6.94. The van der Waals surface area contributed by atoms with E-state index in [-0.39, 0.29) is 17.4 Å². The van der Waals surface area contributed by atoms with Crippen molar-refractivity contribution in [3.05, 3.63) is 17.8 Å². The molecule has 0 spiro atoms. The summed E-state index contributed by atoms with van der Waals surface area (Å²) in [7, 11) is 1.42. The normalized spacial score (nSPS) is 15.2. The van der Waals surface area contributed by atoms with Gasteiger partial charge in [-0.2, -0.15) is 0 Å². The number of carbonyl (C=O) groups is 2. The van der Waals surface area contributed by atoms with Crippen molar-refractivity contribution in [2.45, 2.75) is 26.4 Å². The van der Waals surface area contributed by atoms with Gasteiger partial charge in [0.1, 0.15) is 22.7 Å². The van der Waals surface area contributed by atoms with Crippen LogP contribution in [0.3, 0.4) is 0 Å². The Labute approximate surface area is 141 Å². The minimum atomic E-state index is -1.08. The zero-order valence-corrected chi connectivity index (χ0v) is 14.4. The molecule has 8 heteroatoms. The van der Waals surface area contributed by atoms with Crippen molar-refractivity contribution in [2.24, 2.45) is 0 Å². The fourth-order valence-corrected chi connectivity index (χ4v) is 2.37. The number of nitrogens with zero attached hydrogens (tertiary/aromatic N) is 3. The largest absolute Gasteiger partial charge is 0.496 e. The smallest absolute Gasteiger partial charge is 0.410 e. The molecule has 1 aliphatic heterocycles. The van der Waals surface area contributed by atoms with Crippen LogP contribution in [0, 0.1) is 0 Å². The SMILES string of the molecule is COc1cc(N2CCN(C(=O)OC(C)(C)C)CC2)ncc1C(=O)O. The van der Waals surface area contributed by atoms with Crippen LogP contribution in [0.1, 0.15) is 31.1 Å². The van der Waals surface area contributed by atoms with Gasteiger partial charge in [-0.15, -0.1) is 0 Å². The van der Waals surface area contributed by atoms with E-state index in [4.69, 9.17) is 14.6 Å². The molecule has 0 bridgehead atoms. The number of methoxy groups -OCH3 is 1. The van der Waals surface area contributed by atoms with Crippen molar-refractivity contribution < 1.29 is 24.2 Å². The van der Waals surface area contributed by atoms with Crippen molar-refractivity contribution >= 4 is 17.9 Å². The number of pyridine rings is 1. The maximum absolute atomic E-state index is 12.1. The number of aromatic carboxylic acids is 1. The fraction of sp³-hybridized carbons (Fsp3) is 0.562. The van der Waals surface area contributed by atoms with Gasteiger partial charge >= 0.3 is 12.1 Å². The molecule has 0 aliphatic carbocycles. The topological polar surface area (TPSA) is 92.2 Å². The number of amides is 1. The Balaban J connectivity index is 2.02. The van der Waals surface area contributed by atoms with Gasteiger partial charge in [-0.1, -0.05) is 0 Å². The summed E-state index contributed by atoms with van der Waals surface area (Å²) >= 11 is 0. The zero-order valence-electron chi connectivity index (χ0n) is 14.4. The molecular weight excluding hydrogens is 314 g/mol. The summed E-state index contributed by atoms with van der Waals surface area (Å²) in [5.41, 5.74) is -0.496. The third-order valence-electron chi connectivity index (χ3n) is 3.56. The summed E-state index contributed by atoms with van der Waals surface area (Å²) in [5, 5.41) is 9.09. The highest BCUT2D eigenvalue weighted by Gasteiger charge is 2.26. The lowest BCUT2D eigenvalue weighted by Crippen LogP contribution is -2.50. The Morgan fingerprint density at radius 3 is 2.33 bits per heavy atom. The highest BCUT2D eigenvalue weighted by Crippen LogP contribution is 2.24. The number of carbonyl (C=O) groups excluding carboxylic acids is 1. The van der Waals surface area contributed by atoms with E-state index in [2.05, 4.69) is 4.98 Å². The molecule has 1 aromatic heterocycles. The van der Waals surface area contributed by atoms with Crippen LogP contribution >= 0.6 is 0 Å². The molecule has 1 aromatic rings. The molecule has 8 nitrogen and oxygen atoms in total. The van der Waals surface area contributed by atoms with Gasteiger partial charge in [-0.05, 0) is 20.8 Å². The number of hydrogen-bond donors (Lipinski definition) is 1. The molecule has 0 atom stereocenters. The van der Waals surface area contributed by atoms with E-state index in [1.165, 1.54) is 13.3 Å². The molecule has 0 unspecified atom stereocenters. The van der Waals surface area contributed by atoms with Crippen molar-refractivity contribution in [3.63, 3.8) is 0 Å². The zero-order chi connectivity index (χ0) is 17.9. The van der Waals surface area contributed by atoms with Crippen LogP contribution in [-0.2, 0) is 4.74 Å². The second-order valence-corrected chi connectivity index (χ2v) is 6.50. The summed E-state index contributed by atoms with van der Waals surface area (Å²) in [6, 6.07) is 1.60. The van der Waals surface area contributed by atoms with Crippen molar-refractivity contribution in [1.29, 1.82) is 0 Å². The standard InChI is InChI=1S/C16H23N3O5/c1-16(2,3)24-15(22)19-7-5-18(6-8-19)13-9-12(23-4)11(10-17-13)14(20)21/h9-10H,5-8H2,1-4H3,(H,20,21). The number of hydrogen-bond acceptors (Lipinski definition) is 6. The van der Waals surface area contributed by atoms with Crippen LogP contribution in [0.25, 0.3) is 0 Å². The summed E-state index contributed by atoms with van der Waals surface area (Å²) < 4.78 is 10.5. The molecule has 0 aromatic carbocycles. The lowest BCUT2D eigenvalue weighted by molar-refractivity contribution is 0.0240. The fourth-order valence-electron chi connectivity index (χ4n) is 2.37. The van der Waals surface area contributed by atoms with Crippen LogP contribution in [-0.4, -0.2) is 65.9 Å². The predicted octanol–water partition coefficient (Wildman–Crippen LogP) is 1.85. The Bertz CT molecular complexity index is 619. The van der Waals surface area contributed by atoms with Crippen LogP contribution in [0.15, 0.2) is 12.3 Å². The minimum absolute atomic E-state index is 0.0219. The Morgan fingerprint density at radius 2 is 1.83 bits per heavy atom. The number of piperazine rings is 1. The molecule has 1 amide bonds. The number of anilines is 1. The molecule has 2 rings (SSSR count). The van der Waals surface area contributed by atoms with Crippen LogP contribution < -0.4 is 9.64 Å². The summed E-state index contributed by atoms with van der Waals surface area (Å²) in [6.45, 7) is 7.70. The summed E-state index contributed by atoms with van der Waals surface area (Å²) in [4.78, 5) is 31.0. The number of carboxylic acids is 1. The summed E-state index contributed by atoms with van der Waals surface area (Å²) in [5.74, 6) is -0.191. The summed E-state index contributed by atoms with van der Waals surface area (Å²) in [6.07, 6.45) is 0.963. The first-order valence-electron chi connectivity index (χ1n) is 7.71. The van der Waals surface area contributed by atoms with Gasteiger partial charge in [0.15, 0.2) is 0 Å². The van der Waals surface area contributed by atoms with Crippen LogP contribution in [0.2, 0.25) is 0 Å². The third-order valence-corrected chi connectivity index (χ3v) is 3.56. The van der Waals surface area contributed by atoms with E-state index in [1.54, 1.807) is 11.0 Å². The van der Waals surface area contributed by atoms with E-state index in [9.17, 15) is 9.59 Å². The lowest BCUT2D eigenvalue weighted by Gasteiger charge is -2.36. The van der Waals surface area contributed by atoms with E-state index in [0.717, 1.165) is 0 Å². The maximum Gasteiger partial charge on any atom is 0.410 e. The van der Waals surface area contributed by atoms with Crippen molar-refractivity contribution in [2.75, 3.05) is 38.2 Å². The molecule has 0 saturated carbocycles. The highest BCUT2D eigenvalue weighted by molar-refractivity contribution is 5.90. The minimum Gasteiger partial charge on any atom is -0.496 e. The number of aromatic nitrogens is 1. The van der Waals surface area contributed by atoms with Gasteiger partial charge in [-0.25, -0.2) is 14.6 Å². The lowest BCUT2D eigenvalue weighted by atomic mass is 10.2. The quantitative estimate of drug-likeness (QED) is 0.899. The van der Waals surface area contributed by atoms with E-state index in [1.807, 2.05) is 25.7 Å². The molecule has 2 heterocycles. The monoisotopic (exact) mass is 337 g/mol. The van der Waals surface area contributed by atoms with Crippen LogP contribution in [0.4, 0.5) is 10.6 Å². The van der Waals surface area contributed by atoms with Gasteiger partial charge in [0, 0.05) is 38.4 Å².